The number of nitrogens with one attached hydrogen (secondary N) is 2. The zero-order valence-corrected chi connectivity index (χ0v) is 14.7. The fourth-order valence-corrected chi connectivity index (χ4v) is 3.26. The Kier molecular flexibility index (Phi) is 4.40. The zero-order valence-electron chi connectivity index (χ0n) is 14.7. The molecule has 0 aliphatic carbocycles. The lowest BCUT2D eigenvalue weighted by Gasteiger charge is -2.22. The molecule has 0 saturated carbocycles. The minimum Gasteiger partial charge on any atom is -0.381 e. The van der Waals surface area contributed by atoms with Gasteiger partial charge in [0.2, 0.25) is 5.95 Å². The van der Waals surface area contributed by atoms with Gasteiger partial charge in [-0.3, -0.25) is 5.10 Å². The van der Waals surface area contributed by atoms with Crippen LogP contribution in [-0.4, -0.2) is 44.1 Å². The highest BCUT2D eigenvalue weighted by Crippen LogP contribution is 2.25. The third kappa shape index (κ3) is 3.51. The number of nitrogens with zero attached hydrogens (tertiary/aromatic N) is 4. The molecule has 0 amide bonds. The molecule has 0 bridgehead atoms. The van der Waals surface area contributed by atoms with Crippen molar-refractivity contribution in [1.82, 2.24) is 24.8 Å². The third-order valence-electron chi connectivity index (χ3n) is 4.53. The van der Waals surface area contributed by atoms with Crippen molar-refractivity contribution in [2.45, 2.75) is 39.2 Å². The van der Waals surface area contributed by atoms with Crippen LogP contribution in [0.3, 0.4) is 0 Å². The number of rotatable bonds is 5. The van der Waals surface area contributed by atoms with Gasteiger partial charge in [-0.15, -0.1) is 5.10 Å². The van der Waals surface area contributed by atoms with E-state index in [1.807, 2.05) is 16.9 Å². The van der Waals surface area contributed by atoms with Crippen LogP contribution in [-0.2, 0) is 11.2 Å². The summed E-state index contributed by atoms with van der Waals surface area (Å²) < 4.78 is 7.21. The second-order valence-electron chi connectivity index (χ2n) is 7.04. The quantitative estimate of drug-likeness (QED) is 0.746. The SMILES string of the molecule is CC(C)Cc1[nH]ncc1-c1ccn2nc(NC3CCOCC3)nc2c1. The van der Waals surface area contributed by atoms with Crippen LogP contribution in [0.25, 0.3) is 16.8 Å². The smallest absolute Gasteiger partial charge is 0.243 e. The molecule has 132 valence electrons. The fraction of sp³-hybridized carbons (Fsp3) is 0.500. The maximum atomic E-state index is 5.40. The monoisotopic (exact) mass is 340 g/mol. The molecule has 2 N–H and O–H groups in total. The van der Waals surface area contributed by atoms with E-state index < -0.39 is 0 Å². The van der Waals surface area contributed by atoms with Gasteiger partial charge in [0.05, 0.1) is 6.20 Å². The molecule has 3 aromatic rings. The van der Waals surface area contributed by atoms with Gasteiger partial charge in [-0.05, 0) is 42.9 Å². The molecule has 4 heterocycles. The van der Waals surface area contributed by atoms with Gasteiger partial charge in [0.1, 0.15) is 0 Å². The summed E-state index contributed by atoms with van der Waals surface area (Å²) in [4.78, 5) is 4.64. The van der Waals surface area contributed by atoms with E-state index in [9.17, 15) is 0 Å². The molecule has 0 radical (unpaired) electrons. The average Bonchev–Trinajstić information content (AvgIpc) is 3.20. The molecule has 25 heavy (non-hydrogen) atoms. The van der Waals surface area contributed by atoms with Crippen molar-refractivity contribution < 1.29 is 4.74 Å². The zero-order chi connectivity index (χ0) is 17.2. The van der Waals surface area contributed by atoms with Gasteiger partial charge >= 0.3 is 0 Å². The number of H-pyrrole nitrogens is 1. The fourth-order valence-electron chi connectivity index (χ4n) is 3.26. The number of anilines is 1. The Balaban J connectivity index is 1.59. The molecule has 7 heteroatoms. The number of hydrogen-bond donors (Lipinski definition) is 2. The maximum Gasteiger partial charge on any atom is 0.243 e. The van der Waals surface area contributed by atoms with Crippen LogP contribution in [0.5, 0.6) is 0 Å². The molecule has 0 unspecified atom stereocenters. The largest absolute Gasteiger partial charge is 0.381 e. The Labute approximate surface area is 146 Å². The Morgan fingerprint density at radius 3 is 3.00 bits per heavy atom. The molecule has 0 spiro atoms. The highest BCUT2D eigenvalue weighted by Gasteiger charge is 2.16. The van der Waals surface area contributed by atoms with Crippen LogP contribution in [0.4, 0.5) is 5.95 Å². The second kappa shape index (κ2) is 6.84. The predicted molar refractivity (Wildman–Crippen MR) is 96.6 cm³/mol. The van der Waals surface area contributed by atoms with E-state index >= 15 is 0 Å². The van der Waals surface area contributed by atoms with Crippen LogP contribution < -0.4 is 5.32 Å². The van der Waals surface area contributed by atoms with Crippen molar-refractivity contribution in [3.05, 3.63) is 30.2 Å². The summed E-state index contributed by atoms with van der Waals surface area (Å²) in [6, 6.07) is 4.52. The van der Waals surface area contributed by atoms with E-state index in [1.54, 1.807) is 0 Å². The van der Waals surface area contributed by atoms with Crippen molar-refractivity contribution in [3.8, 4) is 11.1 Å². The minimum atomic E-state index is 0.386. The minimum absolute atomic E-state index is 0.386. The van der Waals surface area contributed by atoms with Crippen LogP contribution in [0.2, 0.25) is 0 Å². The second-order valence-corrected chi connectivity index (χ2v) is 7.04. The van der Waals surface area contributed by atoms with Gasteiger partial charge in [-0.1, -0.05) is 13.8 Å². The molecule has 3 aromatic heterocycles. The molecule has 0 aromatic carbocycles. The lowest BCUT2D eigenvalue weighted by molar-refractivity contribution is 0.0903. The number of hydrogen-bond acceptors (Lipinski definition) is 5. The first-order valence-corrected chi connectivity index (χ1v) is 8.92. The Morgan fingerprint density at radius 1 is 1.36 bits per heavy atom. The molecule has 1 aliphatic heterocycles. The third-order valence-corrected chi connectivity index (χ3v) is 4.53. The summed E-state index contributed by atoms with van der Waals surface area (Å²) in [5.41, 5.74) is 4.25. The molecule has 1 aliphatic rings. The van der Waals surface area contributed by atoms with Gasteiger partial charge in [0.25, 0.3) is 0 Å². The molecule has 0 atom stereocenters. The van der Waals surface area contributed by atoms with Crippen LogP contribution in [0.1, 0.15) is 32.4 Å². The van der Waals surface area contributed by atoms with Crippen molar-refractivity contribution >= 4 is 11.6 Å². The summed E-state index contributed by atoms with van der Waals surface area (Å²) in [6.07, 6.45) is 6.81. The Bertz CT molecular complexity index is 846. The number of fused-ring (bicyclic) bond motifs is 1. The Morgan fingerprint density at radius 2 is 2.20 bits per heavy atom. The summed E-state index contributed by atoms with van der Waals surface area (Å²) >= 11 is 0. The average molecular weight is 340 g/mol. The van der Waals surface area contributed by atoms with E-state index in [0.29, 0.717) is 17.9 Å². The van der Waals surface area contributed by atoms with Crippen LogP contribution in [0.15, 0.2) is 24.5 Å². The number of ether oxygens (including phenoxy) is 1. The van der Waals surface area contributed by atoms with E-state index in [2.05, 4.69) is 51.6 Å². The number of aromatic amines is 1. The van der Waals surface area contributed by atoms with Crippen molar-refractivity contribution in [3.63, 3.8) is 0 Å². The molecular weight excluding hydrogens is 316 g/mol. The highest BCUT2D eigenvalue weighted by molar-refractivity contribution is 5.69. The predicted octanol–water partition coefficient (Wildman–Crippen LogP) is 2.91. The van der Waals surface area contributed by atoms with Crippen molar-refractivity contribution in [1.29, 1.82) is 0 Å². The highest BCUT2D eigenvalue weighted by atomic mass is 16.5. The van der Waals surface area contributed by atoms with E-state index in [4.69, 9.17) is 4.74 Å². The van der Waals surface area contributed by atoms with Crippen LogP contribution >= 0.6 is 0 Å². The standard InChI is InChI=1S/C18H24N6O/c1-12(2)9-16-15(11-19-22-16)13-3-6-24-17(10-13)21-18(23-24)20-14-4-7-25-8-5-14/h3,6,10-12,14H,4-5,7-9H2,1-2H3,(H,19,22)(H,20,23). The summed E-state index contributed by atoms with van der Waals surface area (Å²) in [5.74, 6) is 1.25. The van der Waals surface area contributed by atoms with Gasteiger partial charge < -0.3 is 10.1 Å². The summed E-state index contributed by atoms with van der Waals surface area (Å²) in [7, 11) is 0. The maximum absolute atomic E-state index is 5.40. The first-order valence-electron chi connectivity index (χ1n) is 8.92. The summed E-state index contributed by atoms with van der Waals surface area (Å²) in [5, 5.41) is 15.3. The summed E-state index contributed by atoms with van der Waals surface area (Å²) in [6.45, 7) is 6.02. The van der Waals surface area contributed by atoms with E-state index in [0.717, 1.165) is 49.3 Å². The first-order chi connectivity index (χ1) is 12.2. The van der Waals surface area contributed by atoms with E-state index in [1.165, 1.54) is 5.69 Å². The lowest BCUT2D eigenvalue weighted by atomic mass is 10.0. The molecular formula is C18H24N6O. The van der Waals surface area contributed by atoms with Crippen molar-refractivity contribution in [2.24, 2.45) is 5.92 Å². The number of pyridine rings is 1. The van der Waals surface area contributed by atoms with Gasteiger partial charge in [0.15, 0.2) is 5.65 Å². The van der Waals surface area contributed by atoms with Crippen molar-refractivity contribution in [2.75, 3.05) is 18.5 Å². The molecule has 1 saturated heterocycles. The molecule has 7 nitrogen and oxygen atoms in total. The topological polar surface area (TPSA) is 80.1 Å². The van der Waals surface area contributed by atoms with Crippen LogP contribution in [0, 0.1) is 5.92 Å². The van der Waals surface area contributed by atoms with Gasteiger partial charge in [-0.2, -0.15) is 10.1 Å². The lowest BCUT2D eigenvalue weighted by Crippen LogP contribution is -2.28. The van der Waals surface area contributed by atoms with Gasteiger partial charge in [0, 0.05) is 36.7 Å². The van der Waals surface area contributed by atoms with E-state index in [-0.39, 0.29) is 0 Å². The number of aromatic nitrogens is 5. The molecule has 1 fully saturated rings. The van der Waals surface area contributed by atoms with Gasteiger partial charge in [-0.25, -0.2) is 4.52 Å². The normalized spacial score (nSPS) is 16.0. The Hall–Kier alpha value is -2.41. The molecule has 4 rings (SSSR count). The first kappa shape index (κ1) is 16.1.